The molecule has 0 spiro atoms. The molecular formula is C26H23ClN4O. The highest BCUT2D eigenvalue weighted by atomic mass is 35.5. The highest BCUT2D eigenvalue weighted by molar-refractivity contribution is 6.30. The Bertz CT molecular complexity index is 1300. The van der Waals surface area contributed by atoms with E-state index in [9.17, 15) is 5.11 Å². The van der Waals surface area contributed by atoms with E-state index >= 15 is 0 Å². The average Bonchev–Trinajstić information content (AvgIpc) is 3.22. The maximum absolute atomic E-state index is 10.2. The van der Waals surface area contributed by atoms with Crippen LogP contribution in [0.1, 0.15) is 31.0 Å². The molecule has 1 aliphatic rings. The number of hydrogen-bond donors (Lipinski definition) is 2. The van der Waals surface area contributed by atoms with Crippen LogP contribution >= 0.6 is 11.6 Å². The smallest absolute Gasteiger partial charge is 0.203 e. The summed E-state index contributed by atoms with van der Waals surface area (Å²) < 4.78 is 0. The van der Waals surface area contributed by atoms with Crippen molar-refractivity contribution in [1.82, 2.24) is 15.0 Å². The molecule has 2 N–H and O–H groups in total. The van der Waals surface area contributed by atoms with Gasteiger partial charge in [-0.05, 0) is 67.6 Å². The number of halogens is 1. The summed E-state index contributed by atoms with van der Waals surface area (Å²) in [5.41, 5.74) is 5.00. The number of aromatic nitrogens is 3. The molecule has 5 nitrogen and oxygen atoms in total. The fourth-order valence-electron chi connectivity index (χ4n) is 3.84. The molecule has 6 heteroatoms. The summed E-state index contributed by atoms with van der Waals surface area (Å²) in [6.45, 7) is 3.47. The standard InChI is InChI=1S/C26H23ClN4O/c1-26(32)12-14-31(15-13-26)25-29-23-11-3-18(16-24(23)30-25)2-9-22-10-6-20(17-28-22)19-4-7-21(27)8-5-19/h3-8,10-11,16-17,32H,12-15H2,1H3,(H,29,30). The van der Waals surface area contributed by atoms with E-state index in [4.69, 9.17) is 16.6 Å². The lowest BCUT2D eigenvalue weighted by Crippen LogP contribution is -2.42. The predicted molar refractivity (Wildman–Crippen MR) is 129 cm³/mol. The van der Waals surface area contributed by atoms with Crippen molar-refractivity contribution in [2.45, 2.75) is 25.4 Å². The van der Waals surface area contributed by atoms with Crippen LogP contribution in [0.5, 0.6) is 0 Å². The first-order chi connectivity index (χ1) is 15.4. The second-order valence-corrected chi connectivity index (χ2v) is 8.90. The van der Waals surface area contributed by atoms with Gasteiger partial charge in [0.2, 0.25) is 5.95 Å². The van der Waals surface area contributed by atoms with E-state index in [0.29, 0.717) is 5.69 Å². The van der Waals surface area contributed by atoms with E-state index < -0.39 is 5.60 Å². The summed E-state index contributed by atoms with van der Waals surface area (Å²) in [7, 11) is 0. The van der Waals surface area contributed by atoms with Crippen molar-refractivity contribution in [3.8, 4) is 23.0 Å². The Hall–Kier alpha value is -3.33. The fourth-order valence-corrected chi connectivity index (χ4v) is 3.97. The van der Waals surface area contributed by atoms with Gasteiger partial charge in [0, 0.05) is 35.4 Å². The largest absolute Gasteiger partial charge is 0.390 e. The number of nitrogens with zero attached hydrogens (tertiary/aromatic N) is 3. The van der Waals surface area contributed by atoms with Crippen LogP contribution in [-0.2, 0) is 0 Å². The maximum Gasteiger partial charge on any atom is 0.203 e. The number of piperidine rings is 1. The van der Waals surface area contributed by atoms with Gasteiger partial charge in [-0.25, -0.2) is 9.97 Å². The van der Waals surface area contributed by atoms with Crippen LogP contribution in [0, 0.1) is 11.8 Å². The quantitative estimate of drug-likeness (QED) is 0.427. The SMILES string of the molecule is CC1(O)CCN(c2nc3ccc(C#Cc4ccc(-c5ccc(Cl)cc5)cn4)cc3[nH]2)CC1. The third kappa shape index (κ3) is 4.47. The van der Waals surface area contributed by atoms with E-state index in [1.807, 2.05) is 67.7 Å². The Morgan fingerprint density at radius 1 is 1.00 bits per heavy atom. The van der Waals surface area contributed by atoms with Crippen LogP contribution in [0.2, 0.25) is 5.02 Å². The first kappa shape index (κ1) is 20.6. The summed E-state index contributed by atoms with van der Waals surface area (Å²) in [6, 6.07) is 17.6. The summed E-state index contributed by atoms with van der Waals surface area (Å²) in [5.74, 6) is 7.18. The molecule has 0 unspecified atom stereocenters. The minimum atomic E-state index is -0.577. The Labute approximate surface area is 192 Å². The molecule has 3 heterocycles. The topological polar surface area (TPSA) is 65.0 Å². The van der Waals surface area contributed by atoms with Gasteiger partial charge in [-0.1, -0.05) is 35.7 Å². The predicted octanol–water partition coefficient (Wildman–Crippen LogP) is 5.03. The molecule has 4 aromatic rings. The van der Waals surface area contributed by atoms with E-state index in [1.165, 1.54) is 0 Å². The van der Waals surface area contributed by atoms with Gasteiger partial charge in [-0.2, -0.15) is 0 Å². The number of hydrogen-bond acceptors (Lipinski definition) is 4. The average molecular weight is 443 g/mol. The molecule has 0 radical (unpaired) electrons. The van der Waals surface area contributed by atoms with Gasteiger partial charge < -0.3 is 15.0 Å². The zero-order chi connectivity index (χ0) is 22.1. The van der Waals surface area contributed by atoms with Crippen LogP contribution in [0.4, 0.5) is 5.95 Å². The lowest BCUT2D eigenvalue weighted by molar-refractivity contribution is 0.0349. The molecule has 0 atom stereocenters. The zero-order valence-electron chi connectivity index (χ0n) is 17.8. The van der Waals surface area contributed by atoms with Gasteiger partial charge in [0.1, 0.15) is 5.69 Å². The highest BCUT2D eigenvalue weighted by Crippen LogP contribution is 2.26. The molecule has 1 fully saturated rings. The first-order valence-corrected chi connectivity index (χ1v) is 11.0. The van der Waals surface area contributed by atoms with Crippen LogP contribution in [0.15, 0.2) is 60.8 Å². The number of H-pyrrole nitrogens is 1. The number of fused-ring (bicyclic) bond motifs is 1. The number of aliphatic hydroxyl groups is 1. The molecule has 32 heavy (non-hydrogen) atoms. The zero-order valence-corrected chi connectivity index (χ0v) is 18.5. The van der Waals surface area contributed by atoms with Crippen LogP contribution in [-0.4, -0.2) is 38.7 Å². The van der Waals surface area contributed by atoms with Gasteiger partial charge >= 0.3 is 0 Å². The second-order valence-electron chi connectivity index (χ2n) is 8.47. The van der Waals surface area contributed by atoms with E-state index in [1.54, 1.807) is 0 Å². The molecule has 1 saturated heterocycles. The Balaban J connectivity index is 1.32. The number of rotatable bonds is 2. The van der Waals surface area contributed by atoms with Gasteiger partial charge in [0.05, 0.1) is 16.6 Å². The molecular weight excluding hydrogens is 420 g/mol. The van der Waals surface area contributed by atoms with Crippen LogP contribution in [0.3, 0.4) is 0 Å². The summed E-state index contributed by atoms with van der Waals surface area (Å²) >= 11 is 5.96. The molecule has 1 aliphatic heterocycles. The first-order valence-electron chi connectivity index (χ1n) is 10.7. The van der Waals surface area contributed by atoms with Crippen molar-refractivity contribution in [2.75, 3.05) is 18.0 Å². The minimum Gasteiger partial charge on any atom is -0.390 e. The lowest BCUT2D eigenvalue weighted by atomic mass is 9.94. The van der Waals surface area contributed by atoms with Crippen molar-refractivity contribution in [1.29, 1.82) is 0 Å². The number of benzene rings is 2. The van der Waals surface area contributed by atoms with Crippen LogP contribution in [0.25, 0.3) is 22.2 Å². The van der Waals surface area contributed by atoms with E-state index in [2.05, 4.69) is 26.7 Å². The Kier molecular flexibility index (Phi) is 5.34. The number of imidazole rings is 1. The van der Waals surface area contributed by atoms with Crippen molar-refractivity contribution in [3.63, 3.8) is 0 Å². The highest BCUT2D eigenvalue weighted by Gasteiger charge is 2.28. The molecule has 0 amide bonds. The molecule has 5 rings (SSSR count). The third-order valence-electron chi connectivity index (χ3n) is 5.89. The lowest BCUT2D eigenvalue weighted by Gasteiger charge is -2.35. The molecule has 0 bridgehead atoms. The fraction of sp³-hybridized carbons (Fsp3) is 0.231. The van der Waals surface area contributed by atoms with Crippen molar-refractivity contribution in [3.05, 3.63) is 77.1 Å². The third-order valence-corrected chi connectivity index (χ3v) is 6.14. The van der Waals surface area contributed by atoms with Gasteiger partial charge in [-0.3, -0.25) is 0 Å². The Morgan fingerprint density at radius 3 is 2.47 bits per heavy atom. The van der Waals surface area contributed by atoms with Crippen molar-refractivity contribution >= 4 is 28.6 Å². The molecule has 2 aromatic heterocycles. The number of nitrogens with one attached hydrogen (secondary N) is 1. The second kappa shape index (κ2) is 8.31. The number of pyridine rings is 1. The summed E-state index contributed by atoms with van der Waals surface area (Å²) in [6.07, 6.45) is 3.31. The van der Waals surface area contributed by atoms with Crippen LogP contribution < -0.4 is 4.90 Å². The molecule has 0 aliphatic carbocycles. The van der Waals surface area contributed by atoms with Gasteiger partial charge in [0.25, 0.3) is 0 Å². The van der Waals surface area contributed by atoms with Gasteiger partial charge in [0.15, 0.2) is 0 Å². The monoisotopic (exact) mass is 442 g/mol. The number of aromatic amines is 1. The minimum absolute atomic E-state index is 0.577. The maximum atomic E-state index is 10.2. The molecule has 0 saturated carbocycles. The van der Waals surface area contributed by atoms with Crippen molar-refractivity contribution < 1.29 is 5.11 Å². The number of anilines is 1. The van der Waals surface area contributed by atoms with E-state index in [0.717, 1.165) is 64.6 Å². The molecule has 160 valence electrons. The normalized spacial score (nSPS) is 15.4. The Morgan fingerprint density at radius 2 is 1.75 bits per heavy atom. The summed E-state index contributed by atoms with van der Waals surface area (Å²) in [4.78, 5) is 14.8. The van der Waals surface area contributed by atoms with Gasteiger partial charge in [-0.15, -0.1) is 0 Å². The summed E-state index contributed by atoms with van der Waals surface area (Å²) in [5, 5.41) is 10.9. The van der Waals surface area contributed by atoms with E-state index in [-0.39, 0.29) is 0 Å². The molecule has 2 aromatic carbocycles. The van der Waals surface area contributed by atoms with Crippen molar-refractivity contribution in [2.24, 2.45) is 0 Å².